The zero-order valence-corrected chi connectivity index (χ0v) is 12.0. The lowest BCUT2D eigenvalue weighted by Gasteiger charge is -2.22. The Morgan fingerprint density at radius 2 is 2.15 bits per heavy atom. The molecule has 0 spiro atoms. The van der Waals surface area contributed by atoms with Crippen LogP contribution in [-0.2, 0) is 11.2 Å². The number of oxime groups is 1. The highest BCUT2D eigenvalue weighted by Crippen LogP contribution is 2.11. The van der Waals surface area contributed by atoms with E-state index in [4.69, 9.17) is 10.9 Å². The molecule has 0 radical (unpaired) electrons. The molecule has 0 fully saturated rings. The van der Waals surface area contributed by atoms with Crippen LogP contribution in [0.25, 0.3) is 0 Å². The highest BCUT2D eigenvalue weighted by molar-refractivity contribution is 6.01. The number of hydrogen-bond acceptors (Lipinski definition) is 4. The second kappa shape index (κ2) is 8.14. The summed E-state index contributed by atoms with van der Waals surface area (Å²) < 4.78 is 0. The van der Waals surface area contributed by atoms with Crippen LogP contribution in [0.5, 0.6) is 0 Å². The van der Waals surface area contributed by atoms with E-state index in [9.17, 15) is 4.79 Å². The Balaban J connectivity index is 2.60. The maximum atomic E-state index is 12.3. The number of amides is 1. The van der Waals surface area contributed by atoms with Crippen molar-refractivity contribution in [1.82, 2.24) is 9.88 Å². The van der Waals surface area contributed by atoms with Gasteiger partial charge in [-0.1, -0.05) is 18.5 Å². The molecular formula is C14H22N4O2. The maximum Gasteiger partial charge on any atom is 0.233 e. The van der Waals surface area contributed by atoms with Crippen molar-refractivity contribution in [2.75, 3.05) is 13.6 Å². The SMILES string of the molecule is CCCC(C(=O)N(C)CCc1ccncc1)C(N)=NO. The van der Waals surface area contributed by atoms with Gasteiger partial charge in [0.2, 0.25) is 5.91 Å². The van der Waals surface area contributed by atoms with Crippen molar-refractivity contribution in [2.45, 2.75) is 26.2 Å². The zero-order valence-electron chi connectivity index (χ0n) is 12.0. The van der Waals surface area contributed by atoms with E-state index < -0.39 is 5.92 Å². The minimum Gasteiger partial charge on any atom is -0.409 e. The number of amidine groups is 1. The summed E-state index contributed by atoms with van der Waals surface area (Å²) in [5, 5.41) is 11.7. The number of carbonyl (C=O) groups is 1. The third kappa shape index (κ3) is 4.53. The van der Waals surface area contributed by atoms with Crippen LogP contribution in [-0.4, -0.2) is 40.4 Å². The van der Waals surface area contributed by atoms with E-state index in [1.165, 1.54) is 0 Å². The molecule has 6 heteroatoms. The smallest absolute Gasteiger partial charge is 0.233 e. The van der Waals surface area contributed by atoms with Gasteiger partial charge >= 0.3 is 0 Å². The van der Waals surface area contributed by atoms with Crippen molar-refractivity contribution < 1.29 is 10.0 Å². The average molecular weight is 278 g/mol. The summed E-state index contributed by atoms with van der Waals surface area (Å²) >= 11 is 0. The van der Waals surface area contributed by atoms with Crippen LogP contribution in [0.1, 0.15) is 25.3 Å². The zero-order chi connectivity index (χ0) is 15.0. The topological polar surface area (TPSA) is 91.8 Å². The molecule has 1 aromatic heterocycles. The number of hydrogen-bond donors (Lipinski definition) is 2. The van der Waals surface area contributed by atoms with E-state index in [-0.39, 0.29) is 11.7 Å². The summed E-state index contributed by atoms with van der Waals surface area (Å²) in [6.07, 6.45) is 5.58. The Morgan fingerprint density at radius 1 is 1.50 bits per heavy atom. The molecule has 0 bridgehead atoms. The number of likely N-dealkylation sites (N-methyl/N-ethyl adjacent to an activating group) is 1. The third-order valence-corrected chi connectivity index (χ3v) is 3.21. The standard InChI is InChI=1S/C14H22N4O2/c1-3-4-12(13(15)17-20)14(19)18(2)10-7-11-5-8-16-9-6-11/h5-6,8-9,12,20H,3-4,7,10H2,1-2H3,(H2,15,17). The first-order valence-electron chi connectivity index (χ1n) is 6.71. The Kier molecular flexibility index (Phi) is 6.49. The van der Waals surface area contributed by atoms with Crippen molar-refractivity contribution >= 4 is 11.7 Å². The van der Waals surface area contributed by atoms with Crippen molar-refractivity contribution in [3.05, 3.63) is 30.1 Å². The lowest BCUT2D eigenvalue weighted by molar-refractivity contribution is -0.132. The number of carbonyl (C=O) groups excluding carboxylic acids is 1. The summed E-state index contributed by atoms with van der Waals surface area (Å²) in [5.74, 6) is -0.684. The van der Waals surface area contributed by atoms with Crippen molar-refractivity contribution in [3.63, 3.8) is 0 Å². The van der Waals surface area contributed by atoms with Crippen LogP contribution in [0.4, 0.5) is 0 Å². The van der Waals surface area contributed by atoms with Gasteiger partial charge in [0.15, 0.2) is 5.84 Å². The van der Waals surface area contributed by atoms with Gasteiger partial charge in [-0.05, 0) is 30.5 Å². The van der Waals surface area contributed by atoms with Crippen molar-refractivity contribution in [3.8, 4) is 0 Å². The van der Waals surface area contributed by atoms with Gasteiger partial charge < -0.3 is 15.8 Å². The lowest BCUT2D eigenvalue weighted by Crippen LogP contribution is -2.40. The second-order valence-corrected chi connectivity index (χ2v) is 4.73. The minimum absolute atomic E-state index is 0.0207. The molecule has 1 aromatic rings. The molecule has 3 N–H and O–H groups in total. The highest BCUT2D eigenvalue weighted by Gasteiger charge is 2.25. The molecular weight excluding hydrogens is 256 g/mol. The van der Waals surface area contributed by atoms with Gasteiger partial charge in [-0.3, -0.25) is 9.78 Å². The highest BCUT2D eigenvalue weighted by atomic mass is 16.4. The van der Waals surface area contributed by atoms with E-state index in [1.807, 2.05) is 19.1 Å². The Bertz CT molecular complexity index is 448. The van der Waals surface area contributed by atoms with E-state index in [0.717, 1.165) is 18.4 Å². The van der Waals surface area contributed by atoms with Crippen LogP contribution in [0.3, 0.4) is 0 Å². The fraction of sp³-hybridized carbons (Fsp3) is 0.500. The molecule has 0 aromatic carbocycles. The summed E-state index contributed by atoms with van der Waals surface area (Å²) in [6.45, 7) is 2.55. The van der Waals surface area contributed by atoms with Gasteiger partial charge in [0.05, 0.1) is 5.92 Å². The minimum atomic E-state index is -0.549. The summed E-state index contributed by atoms with van der Waals surface area (Å²) in [4.78, 5) is 17.9. The quantitative estimate of drug-likeness (QED) is 0.340. The predicted molar refractivity (Wildman–Crippen MR) is 77.4 cm³/mol. The van der Waals surface area contributed by atoms with E-state index in [1.54, 1.807) is 24.3 Å². The number of pyridine rings is 1. The molecule has 1 rings (SSSR count). The fourth-order valence-electron chi connectivity index (χ4n) is 1.98. The second-order valence-electron chi connectivity index (χ2n) is 4.73. The summed E-state index contributed by atoms with van der Waals surface area (Å²) in [6, 6.07) is 3.84. The Hall–Kier alpha value is -2.11. The van der Waals surface area contributed by atoms with Crippen LogP contribution in [0, 0.1) is 5.92 Å². The van der Waals surface area contributed by atoms with Gasteiger partial charge in [0.1, 0.15) is 0 Å². The number of rotatable bonds is 7. The molecule has 0 saturated carbocycles. The molecule has 1 atom stereocenters. The first kappa shape index (κ1) is 15.9. The Morgan fingerprint density at radius 3 is 2.70 bits per heavy atom. The summed E-state index contributed by atoms with van der Waals surface area (Å²) in [5.41, 5.74) is 6.71. The van der Waals surface area contributed by atoms with E-state index >= 15 is 0 Å². The molecule has 1 amide bonds. The van der Waals surface area contributed by atoms with Crippen LogP contribution < -0.4 is 5.73 Å². The lowest BCUT2D eigenvalue weighted by atomic mass is 10.0. The van der Waals surface area contributed by atoms with Crippen LogP contribution in [0.2, 0.25) is 0 Å². The van der Waals surface area contributed by atoms with Crippen molar-refractivity contribution in [2.24, 2.45) is 16.8 Å². The maximum absolute atomic E-state index is 12.3. The molecule has 0 aliphatic heterocycles. The normalized spacial score (nSPS) is 13.0. The van der Waals surface area contributed by atoms with E-state index in [2.05, 4.69) is 10.1 Å². The first-order valence-corrected chi connectivity index (χ1v) is 6.71. The molecule has 0 aliphatic carbocycles. The van der Waals surface area contributed by atoms with Gasteiger partial charge in [-0.15, -0.1) is 0 Å². The predicted octanol–water partition coefficient (Wildman–Crippen LogP) is 1.25. The largest absolute Gasteiger partial charge is 0.409 e. The number of aromatic nitrogens is 1. The van der Waals surface area contributed by atoms with Crippen LogP contribution in [0.15, 0.2) is 29.7 Å². The molecule has 0 saturated heterocycles. The molecule has 1 heterocycles. The number of nitrogens with two attached hydrogens (primary N) is 1. The third-order valence-electron chi connectivity index (χ3n) is 3.21. The van der Waals surface area contributed by atoms with Crippen molar-refractivity contribution in [1.29, 1.82) is 0 Å². The first-order chi connectivity index (χ1) is 9.60. The molecule has 0 aliphatic rings. The van der Waals surface area contributed by atoms with E-state index in [0.29, 0.717) is 13.0 Å². The summed E-state index contributed by atoms with van der Waals surface area (Å²) in [7, 11) is 1.73. The monoisotopic (exact) mass is 278 g/mol. The fourth-order valence-corrected chi connectivity index (χ4v) is 1.98. The molecule has 20 heavy (non-hydrogen) atoms. The molecule has 110 valence electrons. The number of nitrogens with zero attached hydrogens (tertiary/aromatic N) is 3. The van der Waals surface area contributed by atoms with Gasteiger partial charge in [0, 0.05) is 26.0 Å². The average Bonchev–Trinajstić information content (AvgIpc) is 2.49. The molecule has 1 unspecified atom stereocenters. The molecule has 6 nitrogen and oxygen atoms in total. The van der Waals surface area contributed by atoms with Gasteiger partial charge in [-0.25, -0.2) is 0 Å². The Labute approximate surface area is 119 Å². The van der Waals surface area contributed by atoms with Crippen LogP contribution >= 0.6 is 0 Å². The van der Waals surface area contributed by atoms with Gasteiger partial charge in [-0.2, -0.15) is 0 Å². The van der Waals surface area contributed by atoms with Gasteiger partial charge in [0.25, 0.3) is 0 Å².